The normalized spacial score (nSPS) is 22.6. The van der Waals surface area contributed by atoms with Crippen molar-refractivity contribution in [2.45, 2.75) is 37.0 Å². The van der Waals surface area contributed by atoms with Crippen LogP contribution in [0.3, 0.4) is 0 Å². The van der Waals surface area contributed by atoms with Gasteiger partial charge in [0, 0.05) is 23.4 Å². The molecule has 2 rings (SSSR count). The second-order valence-electron chi connectivity index (χ2n) is 4.85. The van der Waals surface area contributed by atoms with Gasteiger partial charge in [-0.25, -0.2) is 4.39 Å². The topological polar surface area (TPSA) is 55.2 Å². The van der Waals surface area contributed by atoms with Gasteiger partial charge >= 0.3 is 0 Å². The standard InChI is InChI=1S/C13H16BrFN2O2S/c1-20-13-5-3-2-4-10(13)16-11-7-9(15)8(14)6-12(11)17(18)19/h6-7,10,13,16H,2-5H2,1H3. The number of nitrogens with one attached hydrogen (secondary N) is 1. The molecule has 1 aromatic carbocycles. The van der Waals surface area contributed by atoms with Crippen LogP contribution in [-0.2, 0) is 0 Å². The van der Waals surface area contributed by atoms with Crippen molar-refractivity contribution >= 4 is 39.1 Å². The van der Waals surface area contributed by atoms with Gasteiger partial charge in [-0.2, -0.15) is 11.8 Å². The van der Waals surface area contributed by atoms with Gasteiger partial charge in [-0.05, 0) is 35.0 Å². The Morgan fingerprint density at radius 1 is 1.45 bits per heavy atom. The highest BCUT2D eigenvalue weighted by molar-refractivity contribution is 9.10. The van der Waals surface area contributed by atoms with Crippen molar-refractivity contribution in [2.24, 2.45) is 0 Å². The summed E-state index contributed by atoms with van der Waals surface area (Å²) in [5, 5.41) is 14.7. The fraction of sp³-hybridized carbons (Fsp3) is 0.538. The van der Waals surface area contributed by atoms with E-state index < -0.39 is 10.7 Å². The molecule has 4 nitrogen and oxygen atoms in total. The van der Waals surface area contributed by atoms with Gasteiger partial charge in [-0.3, -0.25) is 10.1 Å². The summed E-state index contributed by atoms with van der Waals surface area (Å²) < 4.78 is 13.8. The van der Waals surface area contributed by atoms with E-state index in [9.17, 15) is 14.5 Å². The predicted octanol–water partition coefficient (Wildman–Crippen LogP) is 4.58. The monoisotopic (exact) mass is 362 g/mol. The van der Waals surface area contributed by atoms with E-state index in [0.717, 1.165) is 19.3 Å². The second-order valence-corrected chi connectivity index (χ2v) is 6.78. The molecule has 0 aromatic heterocycles. The number of rotatable bonds is 4. The Labute approximate surface area is 129 Å². The smallest absolute Gasteiger partial charge is 0.293 e. The number of halogens is 2. The lowest BCUT2D eigenvalue weighted by molar-refractivity contribution is -0.384. The van der Waals surface area contributed by atoms with E-state index in [-0.39, 0.29) is 21.9 Å². The van der Waals surface area contributed by atoms with Crippen molar-refractivity contribution in [2.75, 3.05) is 11.6 Å². The Hall–Kier alpha value is -0.820. The Morgan fingerprint density at radius 3 is 2.80 bits per heavy atom. The number of nitrogens with zero attached hydrogens (tertiary/aromatic N) is 1. The van der Waals surface area contributed by atoms with E-state index in [1.54, 1.807) is 11.8 Å². The molecule has 2 atom stereocenters. The van der Waals surface area contributed by atoms with Crippen molar-refractivity contribution in [3.63, 3.8) is 0 Å². The Morgan fingerprint density at radius 2 is 2.15 bits per heavy atom. The lowest BCUT2D eigenvalue weighted by atomic mass is 9.94. The molecule has 7 heteroatoms. The van der Waals surface area contributed by atoms with Crippen LogP contribution in [0, 0.1) is 15.9 Å². The van der Waals surface area contributed by atoms with Crippen LogP contribution in [0.25, 0.3) is 0 Å². The molecule has 0 aliphatic heterocycles. The number of thioether (sulfide) groups is 1. The van der Waals surface area contributed by atoms with Gasteiger partial charge in [0.25, 0.3) is 5.69 Å². The highest BCUT2D eigenvalue weighted by Crippen LogP contribution is 2.35. The van der Waals surface area contributed by atoms with Crippen molar-refractivity contribution in [3.05, 3.63) is 32.5 Å². The van der Waals surface area contributed by atoms with Crippen LogP contribution in [0.1, 0.15) is 25.7 Å². The first-order valence-corrected chi connectivity index (χ1v) is 8.53. The number of anilines is 1. The molecular formula is C13H16BrFN2O2S. The van der Waals surface area contributed by atoms with Crippen molar-refractivity contribution < 1.29 is 9.31 Å². The summed E-state index contributed by atoms with van der Waals surface area (Å²) in [6.45, 7) is 0. The molecule has 1 saturated carbocycles. The maximum atomic E-state index is 13.6. The lowest BCUT2D eigenvalue weighted by Crippen LogP contribution is -2.34. The van der Waals surface area contributed by atoms with Crippen LogP contribution in [0.2, 0.25) is 0 Å². The number of nitro benzene ring substituents is 1. The van der Waals surface area contributed by atoms with Crippen molar-refractivity contribution in [1.82, 2.24) is 0 Å². The molecule has 0 amide bonds. The van der Waals surface area contributed by atoms with E-state index in [1.807, 2.05) is 6.26 Å². The highest BCUT2D eigenvalue weighted by Gasteiger charge is 2.27. The van der Waals surface area contributed by atoms with E-state index in [0.29, 0.717) is 5.25 Å². The molecule has 1 aliphatic rings. The first-order chi connectivity index (χ1) is 9.52. The second kappa shape index (κ2) is 6.76. The van der Waals surface area contributed by atoms with Gasteiger partial charge in [0.15, 0.2) is 0 Å². The zero-order valence-electron chi connectivity index (χ0n) is 11.1. The summed E-state index contributed by atoms with van der Waals surface area (Å²) in [6, 6.07) is 2.57. The van der Waals surface area contributed by atoms with Gasteiger partial charge in [0.05, 0.1) is 9.40 Å². The molecule has 20 heavy (non-hydrogen) atoms. The van der Waals surface area contributed by atoms with Crippen LogP contribution >= 0.6 is 27.7 Å². The largest absolute Gasteiger partial charge is 0.376 e. The SMILES string of the molecule is CSC1CCCCC1Nc1cc(F)c(Br)cc1[N+](=O)[O-]. The molecular weight excluding hydrogens is 347 g/mol. The van der Waals surface area contributed by atoms with Crippen LogP contribution in [0.4, 0.5) is 15.8 Å². The van der Waals surface area contributed by atoms with E-state index >= 15 is 0 Å². The van der Waals surface area contributed by atoms with Gasteiger partial charge in [0.1, 0.15) is 11.5 Å². The maximum absolute atomic E-state index is 13.6. The van der Waals surface area contributed by atoms with Crippen LogP contribution in [0.5, 0.6) is 0 Å². The van der Waals surface area contributed by atoms with Gasteiger partial charge < -0.3 is 5.32 Å². The molecule has 0 bridgehead atoms. The van der Waals surface area contributed by atoms with Gasteiger partial charge in [0.2, 0.25) is 0 Å². The van der Waals surface area contributed by atoms with E-state index in [4.69, 9.17) is 0 Å². The summed E-state index contributed by atoms with van der Waals surface area (Å²) in [4.78, 5) is 10.6. The predicted molar refractivity (Wildman–Crippen MR) is 83.9 cm³/mol. The molecule has 0 saturated heterocycles. The molecule has 0 heterocycles. The summed E-state index contributed by atoms with van der Waals surface area (Å²) in [5.41, 5.74) is 0.172. The Bertz CT molecular complexity index is 515. The van der Waals surface area contributed by atoms with Crippen molar-refractivity contribution in [3.8, 4) is 0 Å². The fourth-order valence-electron chi connectivity index (χ4n) is 2.55. The minimum Gasteiger partial charge on any atom is -0.376 e. The Kier molecular flexibility index (Phi) is 5.26. The minimum atomic E-state index is -0.491. The molecule has 0 radical (unpaired) electrons. The van der Waals surface area contributed by atoms with Crippen LogP contribution in [0.15, 0.2) is 16.6 Å². The van der Waals surface area contributed by atoms with E-state index in [1.165, 1.54) is 18.6 Å². The molecule has 110 valence electrons. The number of hydrogen-bond acceptors (Lipinski definition) is 4. The van der Waals surface area contributed by atoms with Gasteiger partial charge in [-0.1, -0.05) is 12.8 Å². The average molecular weight is 363 g/mol. The average Bonchev–Trinajstić information content (AvgIpc) is 2.43. The van der Waals surface area contributed by atoms with Gasteiger partial charge in [-0.15, -0.1) is 0 Å². The molecule has 0 spiro atoms. The summed E-state index contributed by atoms with van der Waals surface area (Å²) in [7, 11) is 0. The molecule has 1 fully saturated rings. The fourth-order valence-corrected chi connectivity index (χ4v) is 3.81. The molecule has 1 aliphatic carbocycles. The minimum absolute atomic E-state index is 0.0938. The highest BCUT2D eigenvalue weighted by atomic mass is 79.9. The first kappa shape index (κ1) is 15.6. The third-order valence-electron chi connectivity index (χ3n) is 3.58. The number of benzene rings is 1. The quantitative estimate of drug-likeness (QED) is 0.628. The first-order valence-electron chi connectivity index (χ1n) is 6.45. The molecule has 1 N–H and O–H groups in total. The number of nitro groups is 1. The zero-order chi connectivity index (χ0) is 14.7. The summed E-state index contributed by atoms with van der Waals surface area (Å²) in [6.07, 6.45) is 6.37. The lowest BCUT2D eigenvalue weighted by Gasteiger charge is -2.31. The number of hydrogen-bond donors (Lipinski definition) is 1. The van der Waals surface area contributed by atoms with Crippen LogP contribution < -0.4 is 5.32 Å². The Balaban J connectivity index is 2.27. The molecule has 1 aromatic rings. The van der Waals surface area contributed by atoms with Crippen LogP contribution in [-0.4, -0.2) is 22.5 Å². The van der Waals surface area contributed by atoms with Crippen molar-refractivity contribution in [1.29, 1.82) is 0 Å². The molecule has 2 unspecified atom stereocenters. The maximum Gasteiger partial charge on any atom is 0.293 e. The third kappa shape index (κ3) is 3.44. The zero-order valence-corrected chi connectivity index (χ0v) is 13.5. The third-order valence-corrected chi connectivity index (χ3v) is 5.36. The van der Waals surface area contributed by atoms with E-state index in [2.05, 4.69) is 21.2 Å². The summed E-state index contributed by atoms with van der Waals surface area (Å²) in [5.74, 6) is -0.491. The summed E-state index contributed by atoms with van der Waals surface area (Å²) >= 11 is 4.75.